The molecule has 0 unspecified atom stereocenters. The normalized spacial score (nSPS) is 12.9. The quantitative estimate of drug-likeness (QED) is 0.442. The number of hydrogen-bond acceptors (Lipinski definition) is 5. The number of hydrogen-bond donors (Lipinski definition) is 1. The van der Waals surface area contributed by atoms with Crippen molar-refractivity contribution in [3.8, 4) is 0 Å². The van der Waals surface area contributed by atoms with E-state index in [4.69, 9.17) is 16.3 Å². The molecule has 0 bridgehead atoms. The Kier molecular flexibility index (Phi) is 6.41. The Morgan fingerprint density at radius 3 is 2.90 bits per heavy atom. The highest BCUT2D eigenvalue weighted by Gasteiger charge is 2.15. The van der Waals surface area contributed by atoms with Gasteiger partial charge in [0, 0.05) is 17.8 Å². The molecule has 4 rings (SSSR count). The molecule has 1 N–H and O–H groups in total. The molecule has 156 valence electrons. The van der Waals surface area contributed by atoms with Crippen LogP contribution in [-0.4, -0.2) is 34.9 Å². The first kappa shape index (κ1) is 20.9. The number of halogens is 1. The molecule has 6 nitrogen and oxygen atoms in total. The van der Waals surface area contributed by atoms with Crippen LogP contribution in [0.2, 0.25) is 5.02 Å². The monoisotopic (exact) mass is 443 g/mol. The Bertz CT molecular complexity index is 1160. The van der Waals surface area contributed by atoms with Crippen molar-refractivity contribution in [2.45, 2.75) is 31.0 Å². The minimum absolute atomic E-state index is 0.141. The molecule has 1 amide bonds. The van der Waals surface area contributed by atoms with E-state index >= 15 is 0 Å². The highest BCUT2D eigenvalue weighted by Crippen LogP contribution is 2.25. The van der Waals surface area contributed by atoms with E-state index in [1.807, 2.05) is 6.07 Å². The number of rotatable bonds is 7. The second-order valence-corrected chi connectivity index (χ2v) is 8.56. The third kappa shape index (κ3) is 4.53. The van der Waals surface area contributed by atoms with Gasteiger partial charge in [-0.1, -0.05) is 29.4 Å². The Morgan fingerprint density at radius 1 is 1.23 bits per heavy atom. The van der Waals surface area contributed by atoms with Gasteiger partial charge in [-0.3, -0.25) is 14.2 Å². The Balaban J connectivity index is 1.53. The van der Waals surface area contributed by atoms with Gasteiger partial charge in [-0.15, -0.1) is 0 Å². The third-order valence-corrected chi connectivity index (χ3v) is 6.33. The molecule has 1 aliphatic rings. The standard InChI is InChI=1S/C22H22ClN3O3S/c1-29-10-9-26-21(28)18-8-6-16(23)12-19(18)25-22(26)30-13-20(27)24-17-7-5-14-3-2-4-15(14)11-17/h5-8,11-12H,2-4,9-10,13H2,1H3,(H,24,27). The van der Waals surface area contributed by atoms with Crippen molar-refractivity contribution < 1.29 is 9.53 Å². The molecular formula is C22H22ClN3O3S. The summed E-state index contributed by atoms with van der Waals surface area (Å²) in [6.07, 6.45) is 3.33. The number of anilines is 1. The smallest absolute Gasteiger partial charge is 0.262 e. The van der Waals surface area contributed by atoms with Crippen molar-refractivity contribution >= 4 is 45.9 Å². The summed E-state index contributed by atoms with van der Waals surface area (Å²) in [5.74, 6) is -0.000517. The van der Waals surface area contributed by atoms with E-state index in [-0.39, 0.29) is 17.2 Å². The maximum atomic E-state index is 12.9. The van der Waals surface area contributed by atoms with Crippen LogP contribution in [-0.2, 0) is 28.9 Å². The number of fused-ring (bicyclic) bond motifs is 2. The number of aromatic nitrogens is 2. The summed E-state index contributed by atoms with van der Waals surface area (Å²) in [6.45, 7) is 0.727. The molecule has 8 heteroatoms. The summed E-state index contributed by atoms with van der Waals surface area (Å²) in [5, 5.41) is 4.41. The minimum atomic E-state index is -0.171. The van der Waals surface area contributed by atoms with Crippen molar-refractivity contribution in [3.05, 3.63) is 62.9 Å². The average Bonchev–Trinajstić information content (AvgIpc) is 3.19. The largest absolute Gasteiger partial charge is 0.383 e. The molecule has 1 heterocycles. The molecule has 1 aliphatic carbocycles. The predicted octanol–water partition coefficient (Wildman–Crippen LogP) is 3.92. The first-order valence-electron chi connectivity index (χ1n) is 9.78. The van der Waals surface area contributed by atoms with Gasteiger partial charge in [-0.25, -0.2) is 4.98 Å². The topological polar surface area (TPSA) is 73.2 Å². The molecular weight excluding hydrogens is 422 g/mol. The first-order valence-corrected chi connectivity index (χ1v) is 11.1. The number of amides is 1. The van der Waals surface area contributed by atoms with Crippen molar-refractivity contribution in [2.24, 2.45) is 0 Å². The summed E-state index contributed by atoms with van der Waals surface area (Å²) in [7, 11) is 1.58. The van der Waals surface area contributed by atoms with Crippen LogP contribution in [0.3, 0.4) is 0 Å². The summed E-state index contributed by atoms with van der Waals surface area (Å²) >= 11 is 7.29. The maximum Gasteiger partial charge on any atom is 0.262 e. The van der Waals surface area contributed by atoms with Crippen LogP contribution in [0.1, 0.15) is 17.5 Å². The molecule has 30 heavy (non-hydrogen) atoms. The number of methoxy groups -OCH3 is 1. The fraction of sp³-hybridized carbons (Fsp3) is 0.318. The van der Waals surface area contributed by atoms with Crippen molar-refractivity contribution in [3.63, 3.8) is 0 Å². The lowest BCUT2D eigenvalue weighted by molar-refractivity contribution is -0.113. The zero-order valence-electron chi connectivity index (χ0n) is 16.6. The van der Waals surface area contributed by atoms with Gasteiger partial charge >= 0.3 is 0 Å². The fourth-order valence-electron chi connectivity index (χ4n) is 3.64. The van der Waals surface area contributed by atoms with Crippen LogP contribution < -0.4 is 10.9 Å². The Labute approximate surface area is 183 Å². The second-order valence-electron chi connectivity index (χ2n) is 7.18. The second kappa shape index (κ2) is 9.20. The van der Waals surface area contributed by atoms with Gasteiger partial charge < -0.3 is 10.1 Å². The molecule has 0 saturated heterocycles. The highest BCUT2D eigenvalue weighted by atomic mass is 35.5. The van der Waals surface area contributed by atoms with E-state index in [1.165, 1.54) is 29.3 Å². The van der Waals surface area contributed by atoms with E-state index in [0.29, 0.717) is 34.2 Å². The fourth-order valence-corrected chi connectivity index (χ4v) is 4.63. The highest BCUT2D eigenvalue weighted by molar-refractivity contribution is 7.99. The van der Waals surface area contributed by atoms with E-state index < -0.39 is 0 Å². The van der Waals surface area contributed by atoms with Crippen molar-refractivity contribution in [1.29, 1.82) is 0 Å². The van der Waals surface area contributed by atoms with Gasteiger partial charge in [-0.2, -0.15) is 0 Å². The Hall–Kier alpha value is -2.35. The zero-order valence-corrected chi connectivity index (χ0v) is 18.2. The summed E-state index contributed by atoms with van der Waals surface area (Å²) in [4.78, 5) is 30.0. The third-order valence-electron chi connectivity index (χ3n) is 5.12. The number of carbonyl (C=O) groups excluding carboxylic acids is 1. The van der Waals surface area contributed by atoms with Crippen LogP contribution in [0, 0.1) is 0 Å². The number of aryl methyl sites for hydroxylation is 2. The van der Waals surface area contributed by atoms with Gasteiger partial charge in [-0.05, 0) is 60.7 Å². The van der Waals surface area contributed by atoms with Crippen LogP contribution >= 0.6 is 23.4 Å². The number of nitrogens with zero attached hydrogens (tertiary/aromatic N) is 2. The van der Waals surface area contributed by atoms with Crippen LogP contribution in [0.4, 0.5) is 5.69 Å². The predicted molar refractivity (Wildman–Crippen MR) is 121 cm³/mol. The minimum Gasteiger partial charge on any atom is -0.383 e. The number of nitrogens with one attached hydrogen (secondary N) is 1. The molecule has 3 aromatic rings. The van der Waals surface area contributed by atoms with Gasteiger partial charge in [0.1, 0.15) is 0 Å². The average molecular weight is 444 g/mol. The van der Waals surface area contributed by atoms with Gasteiger partial charge in [0.05, 0.1) is 29.8 Å². The number of thioether (sulfide) groups is 1. The molecule has 2 aromatic carbocycles. The lowest BCUT2D eigenvalue weighted by Crippen LogP contribution is -2.26. The van der Waals surface area contributed by atoms with E-state index in [1.54, 1.807) is 29.9 Å². The van der Waals surface area contributed by atoms with Crippen molar-refractivity contribution in [2.75, 3.05) is 24.8 Å². The van der Waals surface area contributed by atoms with E-state index in [9.17, 15) is 9.59 Å². The summed E-state index contributed by atoms with van der Waals surface area (Å²) in [5.41, 5.74) is 3.82. The number of benzene rings is 2. The zero-order chi connectivity index (χ0) is 21.1. The van der Waals surface area contributed by atoms with Crippen molar-refractivity contribution in [1.82, 2.24) is 9.55 Å². The summed E-state index contributed by atoms with van der Waals surface area (Å²) in [6, 6.07) is 11.1. The van der Waals surface area contributed by atoms with Crippen LogP contribution in [0.25, 0.3) is 10.9 Å². The first-order chi connectivity index (χ1) is 14.5. The SMILES string of the molecule is COCCn1c(SCC(=O)Nc2ccc3c(c2)CCC3)nc2cc(Cl)ccc2c1=O. The maximum absolute atomic E-state index is 12.9. The summed E-state index contributed by atoms with van der Waals surface area (Å²) < 4.78 is 6.68. The van der Waals surface area contributed by atoms with E-state index in [0.717, 1.165) is 18.5 Å². The molecule has 0 fully saturated rings. The van der Waals surface area contributed by atoms with Gasteiger partial charge in [0.2, 0.25) is 5.91 Å². The number of ether oxygens (including phenoxy) is 1. The van der Waals surface area contributed by atoms with Crippen LogP contribution in [0.5, 0.6) is 0 Å². The van der Waals surface area contributed by atoms with Gasteiger partial charge in [0.15, 0.2) is 5.16 Å². The lowest BCUT2D eigenvalue weighted by atomic mass is 10.1. The lowest BCUT2D eigenvalue weighted by Gasteiger charge is -2.13. The molecule has 0 spiro atoms. The number of carbonyl (C=O) groups is 1. The molecule has 0 radical (unpaired) electrons. The molecule has 0 aliphatic heterocycles. The van der Waals surface area contributed by atoms with Gasteiger partial charge in [0.25, 0.3) is 5.56 Å². The van der Waals surface area contributed by atoms with Crippen LogP contribution in [0.15, 0.2) is 46.3 Å². The van der Waals surface area contributed by atoms with E-state index in [2.05, 4.69) is 22.4 Å². The molecule has 0 saturated carbocycles. The molecule has 1 aromatic heterocycles. The Morgan fingerprint density at radius 2 is 2.07 bits per heavy atom. The molecule has 0 atom stereocenters.